The molecule has 0 aliphatic carbocycles. The van der Waals surface area contributed by atoms with Crippen molar-refractivity contribution >= 4 is 17.7 Å². The van der Waals surface area contributed by atoms with Gasteiger partial charge in [-0.25, -0.2) is 4.98 Å². The van der Waals surface area contributed by atoms with Gasteiger partial charge in [0.15, 0.2) is 0 Å². The first kappa shape index (κ1) is 15.5. The minimum absolute atomic E-state index is 0.0217. The summed E-state index contributed by atoms with van der Waals surface area (Å²) in [6.07, 6.45) is 5.04. The fourth-order valence-electron chi connectivity index (χ4n) is 3.34. The summed E-state index contributed by atoms with van der Waals surface area (Å²) in [5.74, 6) is 2.29. The number of carbonyl (C=O) groups is 1. The molecule has 2 aliphatic heterocycles. The molecule has 2 aromatic rings. The molecule has 4 heterocycles. The van der Waals surface area contributed by atoms with Crippen LogP contribution in [0.4, 0.5) is 0 Å². The first-order valence-electron chi connectivity index (χ1n) is 8.13. The minimum Gasteiger partial charge on any atom is -0.473 e. The normalized spacial score (nSPS) is 21.7. The van der Waals surface area contributed by atoms with E-state index in [1.807, 2.05) is 41.8 Å². The number of aryl methyl sites for hydroxylation is 1. The Morgan fingerprint density at radius 1 is 1.50 bits per heavy atom. The number of hydrogen-bond donors (Lipinski definition) is 0. The second kappa shape index (κ2) is 6.12. The SMILES string of the molecule is CCc1oncc1C(=O)N1CC2(CC(Oc3ccccn3)CS2)C1. The quantitative estimate of drug-likeness (QED) is 0.848. The van der Waals surface area contributed by atoms with E-state index in [1.165, 1.54) is 6.20 Å². The van der Waals surface area contributed by atoms with Crippen molar-refractivity contribution in [1.82, 2.24) is 15.0 Å². The number of amides is 1. The van der Waals surface area contributed by atoms with Crippen LogP contribution < -0.4 is 4.74 Å². The van der Waals surface area contributed by atoms with Crippen LogP contribution >= 0.6 is 11.8 Å². The molecule has 0 radical (unpaired) electrons. The van der Waals surface area contributed by atoms with E-state index in [0.29, 0.717) is 23.6 Å². The van der Waals surface area contributed by atoms with Crippen LogP contribution in [-0.4, -0.2) is 50.6 Å². The molecule has 1 amide bonds. The lowest BCUT2D eigenvalue weighted by atomic mass is 9.92. The van der Waals surface area contributed by atoms with E-state index in [9.17, 15) is 4.79 Å². The summed E-state index contributed by atoms with van der Waals surface area (Å²) in [5.41, 5.74) is 0.594. The van der Waals surface area contributed by atoms with Crippen molar-refractivity contribution in [3.05, 3.63) is 41.9 Å². The zero-order valence-corrected chi connectivity index (χ0v) is 14.3. The molecule has 126 valence electrons. The number of carbonyl (C=O) groups excluding carboxylic acids is 1. The molecule has 1 spiro atoms. The predicted octanol–water partition coefficient (Wildman–Crippen LogP) is 2.41. The van der Waals surface area contributed by atoms with Crippen molar-refractivity contribution in [1.29, 1.82) is 0 Å². The molecule has 1 atom stereocenters. The van der Waals surface area contributed by atoms with Crippen LogP contribution in [0.15, 0.2) is 35.1 Å². The molecule has 2 aliphatic rings. The van der Waals surface area contributed by atoms with Crippen molar-refractivity contribution in [2.75, 3.05) is 18.8 Å². The lowest BCUT2D eigenvalue weighted by Gasteiger charge is -2.47. The molecule has 7 heteroatoms. The number of pyridine rings is 1. The topological polar surface area (TPSA) is 68.5 Å². The maximum atomic E-state index is 12.6. The number of thioether (sulfide) groups is 1. The summed E-state index contributed by atoms with van der Waals surface area (Å²) >= 11 is 1.90. The first-order chi connectivity index (χ1) is 11.7. The molecule has 0 bridgehead atoms. The van der Waals surface area contributed by atoms with Crippen molar-refractivity contribution in [3.63, 3.8) is 0 Å². The number of rotatable bonds is 4. The van der Waals surface area contributed by atoms with Gasteiger partial charge < -0.3 is 14.2 Å². The summed E-state index contributed by atoms with van der Waals surface area (Å²) < 4.78 is 11.2. The standard InChI is InChI=1S/C17H19N3O3S/c1-2-14-13(8-19-23-14)16(21)20-10-17(11-20)7-12(9-24-17)22-15-5-3-4-6-18-15/h3-6,8,12H,2,7,9-11H2,1H3. The third-order valence-corrected chi connectivity index (χ3v) is 6.12. The number of ether oxygens (including phenoxy) is 1. The molecular formula is C17H19N3O3S. The Morgan fingerprint density at radius 3 is 3.12 bits per heavy atom. The van der Waals surface area contributed by atoms with E-state index in [2.05, 4.69) is 10.1 Å². The maximum Gasteiger partial charge on any atom is 0.259 e. The van der Waals surface area contributed by atoms with E-state index in [4.69, 9.17) is 9.26 Å². The molecule has 6 nitrogen and oxygen atoms in total. The molecule has 0 saturated carbocycles. The number of aromatic nitrogens is 2. The van der Waals surface area contributed by atoms with E-state index in [1.54, 1.807) is 6.20 Å². The highest BCUT2D eigenvalue weighted by Gasteiger charge is 2.51. The molecule has 2 fully saturated rings. The second-order valence-corrected chi connectivity index (χ2v) is 7.77. The summed E-state index contributed by atoms with van der Waals surface area (Å²) in [4.78, 5) is 18.6. The van der Waals surface area contributed by atoms with Crippen LogP contribution in [0.5, 0.6) is 5.88 Å². The maximum absolute atomic E-state index is 12.6. The van der Waals surface area contributed by atoms with Gasteiger partial charge in [0.1, 0.15) is 17.4 Å². The van der Waals surface area contributed by atoms with Gasteiger partial charge in [0.25, 0.3) is 5.91 Å². The monoisotopic (exact) mass is 345 g/mol. The second-order valence-electron chi connectivity index (χ2n) is 6.28. The average Bonchev–Trinajstić information content (AvgIpc) is 3.20. The van der Waals surface area contributed by atoms with Crippen LogP contribution in [0.25, 0.3) is 0 Å². The first-order valence-corrected chi connectivity index (χ1v) is 9.12. The predicted molar refractivity (Wildman–Crippen MR) is 90.2 cm³/mol. The Bertz CT molecular complexity index is 728. The van der Waals surface area contributed by atoms with Gasteiger partial charge in [-0.1, -0.05) is 18.1 Å². The van der Waals surface area contributed by atoms with Crippen molar-refractivity contribution < 1.29 is 14.1 Å². The minimum atomic E-state index is 0.0217. The fourth-order valence-corrected chi connectivity index (χ4v) is 4.87. The van der Waals surface area contributed by atoms with E-state index in [0.717, 1.165) is 25.3 Å². The van der Waals surface area contributed by atoms with E-state index >= 15 is 0 Å². The molecule has 2 aromatic heterocycles. The zero-order chi connectivity index (χ0) is 16.6. The van der Waals surface area contributed by atoms with Gasteiger partial charge in [-0.05, 0) is 6.07 Å². The molecule has 0 N–H and O–H groups in total. The van der Waals surface area contributed by atoms with Crippen molar-refractivity contribution in [2.24, 2.45) is 0 Å². The molecular weight excluding hydrogens is 326 g/mol. The summed E-state index contributed by atoms with van der Waals surface area (Å²) in [5, 5.41) is 3.75. The third kappa shape index (κ3) is 2.77. The zero-order valence-electron chi connectivity index (χ0n) is 13.5. The third-order valence-electron chi connectivity index (χ3n) is 4.54. The molecule has 2 saturated heterocycles. The van der Waals surface area contributed by atoms with Gasteiger partial charge in [-0.2, -0.15) is 0 Å². The van der Waals surface area contributed by atoms with Gasteiger partial charge in [0.05, 0.1) is 10.9 Å². The lowest BCUT2D eigenvalue weighted by Crippen LogP contribution is -2.60. The number of likely N-dealkylation sites (tertiary alicyclic amines) is 1. The van der Waals surface area contributed by atoms with Gasteiger partial charge in [-0.3, -0.25) is 4.79 Å². The summed E-state index contributed by atoms with van der Waals surface area (Å²) in [7, 11) is 0. The lowest BCUT2D eigenvalue weighted by molar-refractivity contribution is 0.0513. The van der Waals surface area contributed by atoms with Gasteiger partial charge in [0, 0.05) is 43.9 Å². The Morgan fingerprint density at radius 2 is 2.38 bits per heavy atom. The average molecular weight is 345 g/mol. The summed E-state index contributed by atoms with van der Waals surface area (Å²) in [6.45, 7) is 3.47. The van der Waals surface area contributed by atoms with Crippen LogP contribution in [-0.2, 0) is 6.42 Å². The number of nitrogens with zero attached hydrogens (tertiary/aromatic N) is 3. The van der Waals surface area contributed by atoms with Crippen LogP contribution in [0.2, 0.25) is 0 Å². The van der Waals surface area contributed by atoms with Gasteiger partial charge in [-0.15, -0.1) is 11.8 Å². The van der Waals surface area contributed by atoms with Gasteiger partial charge >= 0.3 is 0 Å². The smallest absolute Gasteiger partial charge is 0.259 e. The van der Waals surface area contributed by atoms with Crippen molar-refractivity contribution in [2.45, 2.75) is 30.6 Å². The van der Waals surface area contributed by atoms with Crippen molar-refractivity contribution in [3.8, 4) is 5.88 Å². The van der Waals surface area contributed by atoms with E-state index in [-0.39, 0.29) is 16.8 Å². The Labute approximate surface area is 144 Å². The van der Waals surface area contributed by atoms with Crippen LogP contribution in [0.1, 0.15) is 29.5 Å². The molecule has 4 rings (SSSR count). The Hall–Kier alpha value is -2.02. The molecule has 0 aromatic carbocycles. The highest BCUT2D eigenvalue weighted by atomic mass is 32.2. The van der Waals surface area contributed by atoms with E-state index < -0.39 is 0 Å². The van der Waals surface area contributed by atoms with Gasteiger partial charge in [0.2, 0.25) is 5.88 Å². The Balaban J connectivity index is 1.35. The fraction of sp³-hybridized carbons (Fsp3) is 0.471. The summed E-state index contributed by atoms with van der Waals surface area (Å²) in [6, 6.07) is 5.68. The molecule has 1 unspecified atom stereocenters. The van der Waals surface area contributed by atoms with Crippen LogP contribution in [0.3, 0.4) is 0 Å². The van der Waals surface area contributed by atoms with Crippen LogP contribution in [0, 0.1) is 0 Å². The molecule has 24 heavy (non-hydrogen) atoms. The Kier molecular flexibility index (Phi) is 3.96. The number of hydrogen-bond acceptors (Lipinski definition) is 6. The largest absolute Gasteiger partial charge is 0.473 e. The highest BCUT2D eigenvalue weighted by Crippen LogP contribution is 2.46. The highest BCUT2D eigenvalue weighted by molar-refractivity contribution is 8.01.